The van der Waals surface area contributed by atoms with Gasteiger partial charge in [-0.25, -0.2) is 0 Å². The number of carbonyl (C=O) groups is 2. The van der Waals surface area contributed by atoms with Crippen molar-refractivity contribution in [1.29, 1.82) is 0 Å². The Labute approximate surface area is 160 Å². The van der Waals surface area contributed by atoms with Crippen LogP contribution in [0, 0.1) is 0 Å². The summed E-state index contributed by atoms with van der Waals surface area (Å²) in [6, 6.07) is 10.3. The Morgan fingerprint density at radius 3 is 2.56 bits per heavy atom. The van der Waals surface area contributed by atoms with E-state index in [1.165, 1.54) is 5.56 Å². The molecule has 25 heavy (non-hydrogen) atoms. The fourth-order valence-corrected chi connectivity index (χ4v) is 2.43. The molecule has 0 radical (unpaired) electrons. The maximum Gasteiger partial charge on any atom is 0.239 e. The quantitative estimate of drug-likeness (QED) is 0.602. The lowest BCUT2D eigenvalue weighted by atomic mass is 10.2. The fourth-order valence-electron chi connectivity index (χ4n) is 2.43. The van der Waals surface area contributed by atoms with E-state index in [9.17, 15) is 9.59 Å². The van der Waals surface area contributed by atoms with Crippen molar-refractivity contribution in [2.24, 2.45) is 5.73 Å². The number of amides is 2. The molecule has 0 aromatic heterocycles. The zero-order valence-corrected chi connectivity index (χ0v) is 15.6. The predicted octanol–water partition coefficient (Wildman–Crippen LogP) is -0.0779. The average molecular weight is 393 g/mol. The van der Waals surface area contributed by atoms with Gasteiger partial charge < -0.3 is 21.1 Å². The van der Waals surface area contributed by atoms with E-state index in [-0.39, 0.29) is 55.8 Å². The number of ether oxygens (including phenoxy) is 1. The lowest BCUT2D eigenvalue weighted by molar-refractivity contribution is -0.126. The van der Waals surface area contributed by atoms with Gasteiger partial charge in [0, 0.05) is 26.2 Å². The van der Waals surface area contributed by atoms with Crippen molar-refractivity contribution >= 4 is 36.6 Å². The predicted molar refractivity (Wildman–Crippen MR) is 101 cm³/mol. The minimum Gasteiger partial charge on any atom is -0.374 e. The van der Waals surface area contributed by atoms with Crippen LogP contribution in [0.1, 0.15) is 5.56 Å². The second-order valence-corrected chi connectivity index (χ2v) is 5.50. The lowest BCUT2D eigenvalue weighted by Crippen LogP contribution is -2.48. The molecule has 4 N–H and O–H groups in total. The number of carbonyl (C=O) groups excluding carboxylic acids is 2. The summed E-state index contributed by atoms with van der Waals surface area (Å²) in [6.45, 7) is 3.43. The van der Waals surface area contributed by atoms with Gasteiger partial charge in [0.25, 0.3) is 0 Å². The van der Waals surface area contributed by atoms with Gasteiger partial charge in [0.2, 0.25) is 11.8 Å². The number of nitrogens with zero attached hydrogens (tertiary/aromatic N) is 1. The van der Waals surface area contributed by atoms with Crippen LogP contribution >= 0.6 is 24.8 Å². The van der Waals surface area contributed by atoms with E-state index in [1.807, 2.05) is 18.2 Å². The molecule has 1 heterocycles. The lowest BCUT2D eigenvalue weighted by Gasteiger charge is -2.33. The molecule has 1 unspecified atom stereocenters. The molecule has 1 saturated heterocycles. The number of halogens is 2. The van der Waals surface area contributed by atoms with E-state index in [2.05, 4.69) is 27.7 Å². The molecule has 142 valence electrons. The largest absolute Gasteiger partial charge is 0.374 e. The van der Waals surface area contributed by atoms with Gasteiger partial charge in [-0.05, 0) is 5.56 Å². The van der Waals surface area contributed by atoms with Gasteiger partial charge in [0.05, 0.1) is 25.8 Å². The van der Waals surface area contributed by atoms with Gasteiger partial charge in [-0.2, -0.15) is 0 Å². The molecular weight excluding hydrogens is 367 g/mol. The number of hydrogen-bond donors (Lipinski definition) is 3. The maximum absolute atomic E-state index is 11.6. The van der Waals surface area contributed by atoms with Crippen molar-refractivity contribution in [2.45, 2.75) is 12.6 Å². The zero-order valence-electron chi connectivity index (χ0n) is 14.0. The van der Waals surface area contributed by atoms with Crippen LogP contribution in [0.15, 0.2) is 30.3 Å². The Bertz CT molecular complexity index is 519. The van der Waals surface area contributed by atoms with Crippen LogP contribution < -0.4 is 16.4 Å². The molecule has 1 fully saturated rings. The van der Waals surface area contributed by atoms with Crippen molar-refractivity contribution < 1.29 is 14.3 Å². The first kappa shape index (κ1) is 23.6. The summed E-state index contributed by atoms with van der Waals surface area (Å²) in [4.78, 5) is 24.9. The standard InChI is InChI=1S/C16H24N4O3.2ClH/c17-8-15(21)19-10-16(22)18-9-14-12-20(6-7-23-14)11-13-4-2-1-3-5-13;;/h1-5,14H,6-12,17H2,(H,18,22)(H,19,21);2*1H. The van der Waals surface area contributed by atoms with Gasteiger partial charge in [0.15, 0.2) is 0 Å². The third-order valence-electron chi connectivity index (χ3n) is 3.63. The Kier molecular flexibility index (Phi) is 12.2. The summed E-state index contributed by atoms with van der Waals surface area (Å²) >= 11 is 0. The summed E-state index contributed by atoms with van der Waals surface area (Å²) in [6.07, 6.45) is -0.0402. The van der Waals surface area contributed by atoms with Crippen LogP contribution in [0.4, 0.5) is 0 Å². The van der Waals surface area contributed by atoms with E-state index in [1.54, 1.807) is 0 Å². The third-order valence-corrected chi connectivity index (χ3v) is 3.63. The molecule has 0 saturated carbocycles. The van der Waals surface area contributed by atoms with Crippen LogP contribution in [0.3, 0.4) is 0 Å². The van der Waals surface area contributed by atoms with Crippen LogP contribution in [0.2, 0.25) is 0 Å². The number of nitrogens with two attached hydrogens (primary N) is 1. The van der Waals surface area contributed by atoms with Crippen molar-refractivity contribution in [1.82, 2.24) is 15.5 Å². The van der Waals surface area contributed by atoms with Crippen molar-refractivity contribution in [3.8, 4) is 0 Å². The summed E-state index contributed by atoms with van der Waals surface area (Å²) in [5, 5.41) is 5.20. The van der Waals surface area contributed by atoms with Gasteiger partial charge >= 0.3 is 0 Å². The Morgan fingerprint density at radius 2 is 1.88 bits per heavy atom. The first-order valence-corrected chi connectivity index (χ1v) is 7.78. The molecule has 1 aromatic carbocycles. The second-order valence-electron chi connectivity index (χ2n) is 5.50. The Morgan fingerprint density at radius 1 is 1.16 bits per heavy atom. The molecule has 1 aliphatic rings. The summed E-state index contributed by atoms with van der Waals surface area (Å²) < 4.78 is 5.68. The normalized spacial score (nSPS) is 16.9. The highest BCUT2D eigenvalue weighted by Gasteiger charge is 2.21. The van der Waals surface area contributed by atoms with Crippen LogP contribution in [-0.2, 0) is 20.9 Å². The molecule has 0 bridgehead atoms. The number of morpholine rings is 1. The highest BCUT2D eigenvalue weighted by Crippen LogP contribution is 2.09. The molecule has 9 heteroatoms. The van der Waals surface area contributed by atoms with E-state index in [4.69, 9.17) is 10.5 Å². The van der Waals surface area contributed by atoms with Gasteiger partial charge in [0.1, 0.15) is 0 Å². The van der Waals surface area contributed by atoms with Crippen LogP contribution in [-0.4, -0.2) is 62.1 Å². The first-order chi connectivity index (χ1) is 11.2. The third kappa shape index (κ3) is 9.04. The topological polar surface area (TPSA) is 96.7 Å². The van der Waals surface area contributed by atoms with Gasteiger partial charge in [-0.15, -0.1) is 24.8 Å². The molecule has 1 atom stereocenters. The number of rotatable bonds is 7. The summed E-state index contributed by atoms with van der Waals surface area (Å²) in [5.74, 6) is -0.585. The number of hydrogen-bond acceptors (Lipinski definition) is 5. The number of benzene rings is 1. The molecule has 2 rings (SSSR count). The highest BCUT2D eigenvalue weighted by atomic mass is 35.5. The molecule has 1 aromatic rings. The van der Waals surface area contributed by atoms with Crippen LogP contribution in [0.5, 0.6) is 0 Å². The molecule has 1 aliphatic heterocycles. The Hall–Kier alpha value is -1.38. The van der Waals surface area contributed by atoms with Gasteiger partial charge in [-0.1, -0.05) is 30.3 Å². The van der Waals surface area contributed by atoms with Crippen molar-refractivity contribution in [3.63, 3.8) is 0 Å². The van der Waals surface area contributed by atoms with E-state index in [0.29, 0.717) is 13.2 Å². The smallest absolute Gasteiger partial charge is 0.239 e. The monoisotopic (exact) mass is 392 g/mol. The average Bonchev–Trinajstić information content (AvgIpc) is 2.59. The minimum atomic E-state index is -0.344. The zero-order chi connectivity index (χ0) is 16.5. The van der Waals surface area contributed by atoms with E-state index >= 15 is 0 Å². The SMILES string of the molecule is Cl.Cl.NCC(=O)NCC(=O)NCC1CN(Cc2ccccc2)CCO1. The van der Waals surface area contributed by atoms with Crippen LogP contribution in [0.25, 0.3) is 0 Å². The Balaban J connectivity index is 0.00000288. The molecular formula is C16H26Cl2N4O3. The van der Waals surface area contributed by atoms with Crippen molar-refractivity contribution in [2.75, 3.05) is 39.3 Å². The second kappa shape index (κ2) is 12.9. The highest BCUT2D eigenvalue weighted by molar-refractivity contribution is 5.86. The maximum atomic E-state index is 11.6. The molecule has 0 spiro atoms. The first-order valence-electron chi connectivity index (χ1n) is 7.78. The summed E-state index contributed by atoms with van der Waals surface area (Å²) in [7, 11) is 0. The van der Waals surface area contributed by atoms with Crippen molar-refractivity contribution in [3.05, 3.63) is 35.9 Å². The van der Waals surface area contributed by atoms with E-state index in [0.717, 1.165) is 19.6 Å². The fraction of sp³-hybridized carbons (Fsp3) is 0.500. The molecule has 2 amide bonds. The number of nitrogens with one attached hydrogen (secondary N) is 2. The minimum absolute atomic E-state index is 0. The summed E-state index contributed by atoms with van der Waals surface area (Å²) in [5.41, 5.74) is 6.42. The van der Waals surface area contributed by atoms with E-state index < -0.39 is 0 Å². The molecule has 0 aliphatic carbocycles. The van der Waals surface area contributed by atoms with Gasteiger partial charge in [-0.3, -0.25) is 14.5 Å². The molecule has 7 nitrogen and oxygen atoms in total.